The summed E-state index contributed by atoms with van der Waals surface area (Å²) in [6.07, 6.45) is 1.07. The van der Waals surface area contributed by atoms with Crippen LogP contribution in [0.15, 0.2) is 46.9 Å². The summed E-state index contributed by atoms with van der Waals surface area (Å²) in [4.78, 5) is 0. The van der Waals surface area contributed by atoms with E-state index < -0.39 is 0 Å². The van der Waals surface area contributed by atoms with E-state index in [9.17, 15) is 4.39 Å². The Labute approximate surface area is 134 Å². The lowest BCUT2D eigenvalue weighted by Gasteiger charge is -2.19. The van der Waals surface area contributed by atoms with Crippen molar-refractivity contribution in [3.63, 3.8) is 0 Å². The van der Waals surface area contributed by atoms with Crippen LogP contribution in [0.3, 0.4) is 0 Å². The first-order chi connectivity index (χ1) is 10.0. The molecule has 21 heavy (non-hydrogen) atoms. The van der Waals surface area contributed by atoms with Crippen LogP contribution in [0, 0.1) is 11.7 Å². The van der Waals surface area contributed by atoms with Gasteiger partial charge in [-0.05, 0) is 64.1 Å². The lowest BCUT2D eigenvalue weighted by molar-refractivity contribution is 0.616. The Morgan fingerprint density at radius 2 is 1.81 bits per heavy atom. The second-order valence-corrected chi connectivity index (χ2v) is 6.59. The van der Waals surface area contributed by atoms with Crippen LogP contribution in [-0.2, 0) is 6.42 Å². The van der Waals surface area contributed by atoms with Gasteiger partial charge >= 0.3 is 0 Å². The topological polar surface area (TPSA) is 12.0 Å². The monoisotopic (exact) mass is 349 g/mol. The predicted octanol–water partition coefficient (Wildman–Crippen LogP) is 5.10. The molecule has 1 atom stereocenters. The van der Waals surface area contributed by atoms with Gasteiger partial charge in [0.1, 0.15) is 5.82 Å². The fourth-order valence-corrected chi connectivity index (χ4v) is 2.99. The van der Waals surface area contributed by atoms with Gasteiger partial charge in [-0.1, -0.05) is 44.2 Å². The number of hydrogen-bond donors (Lipinski definition) is 1. The van der Waals surface area contributed by atoms with Gasteiger partial charge in [-0.15, -0.1) is 0 Å². The second kappa shape index (κ2) is 7.19. The molecule has 0 heterocycles. The van der Waals surface area contributed by atoms with Gasteiger partial charge in [0.05, 0.1) is 10.5 Å². The third kappa shape index (κ3) is 4.14. The Kier molecular flexibility index (Phi) is 5.54. The van der Waals surface area contributed by atoms with Crippen LogP contribution in [0.4, 0.5) is 4.39 Å². The zero-order chi connectivity index (χ0) is 15.4. The van der Waals surface area contributed by atoms with Crippen molar-refractivity contribution < 1.29 is 4.39 Å². The van der Waals surface area contributed by atoms with Gasteiger partial charge in [0.25, 0.3) is 0 Å². The lowest BCUT2D eigenvalue weighted by atomic mass is 9.94. The Morgan fingerprint density at radius 3 is 2.43 bits per heavy atom. The predicted molar refractivity (Wildman–Crippen MR) is 90.0 cm³/mol. The van der Waals surface area contributed by atoms with Crippen LogP contribution < -0.4 is 5.32 Å². The van der Waals surface area contributed by atoms with Crippen LogP contribution in [0.2, 0.25) is 0 Å². The van der Waals surface area contributed by atoms with Gasteiger partial charge in [0.15, 0.2) is 0 Å². The molecule has 0 saturated heterocycles. The minimum atomic E-state index is -0.234. The number of nitrogens with one attached hydrogen (secondary N) is 1. The minimum absolute atomic E-state index is 0.0639. The van der Waals surface area contributed by atoms with E-state index in [2.05, 4.69) is 59.4 Å². The molecule has 1 unspecified atom stereocenters. The molecule has 0 aliphatic heterocycles. The molecule has 112 valence electrons. The summed E-state index contributed by atoms with van der Waals surface area (Å²) in [5, 5.41) is 3.32. The van der Waals surface area contributed by atoms with Gasteiger partial charge in [-0.2, -0.15) is 0 Å². The molecule has 0 aliphatic rings. The molecule has 0 spiro atoms. The largest absolute Gasteiger partial charge is 0.309 e. The number of hydrogen-bond acceptors (Lipinski definition) is 1. The molecule has 0 aromatic heterocycles. The molecule has 0 radical (unpaired) electrons. The van der Waals surface area contributed by atoms with Crippen LogP contribution in [0.5, 0.6) is 0 Å². The Morgan fingerprint density at radius 1 is 1.10 bits per heavy atom. The highest BCUT2D eigenvalue weighted by molar-refractivity contribution is 9.10. The summed E-state index contributed by atoms with van der Waals surface area (Å²) in [6, 6.07) is 13.8. The van der Waals surface area contributed by atoms with Crippen molar-refractivity contribution in [3.8, 4) is 0 Å². The zero-order valence-corrected chi connectivity index (χ0v) is 14.2. The van der Waals surface area contributed by atoms with E-state index in [4.69, 9.17) is 0 Å². The normalized spacial score (nSPS) is 12.7. The summed E-state index contributed by atoms with van der Waals surface area (Å²) < 4.78 is 13.9. The standard InChI is InChI=1S/C18H21BrFN/c1-12(2)9-13-5-4-6-14(10-13)18(21-3)15-7-8-17(20)16(19)11-15/h4-8,10-12,18,21H,9H2,1-3H3. The van der Waals surface area contributed by atoms with E-state index in [1.54, 1.807) is 0 Å². The molecule has 1 N–H and O–H groups in total. The number of halogens is 2. The lowest BCUT2D eigenvalue weighted by Crippen LogP contribution is -2.18. The summed E-state index contributed by atoms with van der Waals surface area (Å²) in [5.41, 5.74) is 3.59. The fourth-order valence-electron chi connectivity index (χ4n) is 2.59. The minimum Gasteiger partial charge on any atom is -0.309 e. The van der Waals surface area contributed by atoms with E-state index in [0.717, 1.165) is 12.0 Å². The van der Waals surface area contributed by atoms with E-state index in [0.29, 0.717) is 10.4 Å². The van der Waals surface area contributed by atoms with E-state index >= 15 is 0 Å². The SMILES string of the molecule is CNC(c1cccc(CC(C)C)c1)c1ccc(F)c(Br)c1. The Hall–Kier alpha value is -1.19. The molecule has 0 saturated carbocycles. The summed E-state index contributed by atoms with van der Waals surface area (Å²) in [7, 11) is 1.93. The quantitative estimate of drug-likeness (QED) is 0.792. The van der Waals surface area contributed by atoms with Crippen LogP contribution in [0.1, 0.15) is 36.6 Å². The Bertz CT molecular complexity index is 610. The summed E-state index contributed by atoms with van der Waals surface area (Å²) in [6.45, 7) is 4.44. The molecular weight excluding hydrogens is 329 g/mol. The van der Waals surface area contributed by atoms with Crippen molar-refractivity contribution in [3.05, 3.63) is 69.4 Å². The number of benzene rings is 2. The highest BCUT2D eigenvalue weighted by Crippen LogP contribution is 2.27. The summed E-state index contributed by atoms with van der Waals surface area (Å²) >= 11 is 3.26. The molecule has 0 aliphatic carbocycles. The van der Waals surface area contributed by atoms with Crippen molar-refractivity contribution in [2.45, 2.75) is 26.3 Å². The maximum atomic E-state index is 13.4. The molecule has 2 aromatic rings. The molecule has 0 bridgehead atoms. The first-order valence-corrected chi connectivity index (χ1v) is 8.01. The molecule has 0 amide bonds. The Balaban J connectivity index is 2.34. The highest BCUT2D eigenvalue weighted by atomic mass is 79.9. The van der Waals surface area contributed by atoms with Gasteiger partial charge in [0, 0.05) is 0 Å². The first kappa shape index (κ1) is 16.2. The second-order valence-electron chi connectivity index (χ2n) is 5.74. The van der Waals surface area contributed by atoms with Gasteiger partial charge in [0.2, 0.25) is 0 Å². The average Bonchev–Trinajstić information content (AvgIpc) is 2.43. The fraction of sp³-hybridized carbons (Fsp3) is 0.333. The van der Waals surface area contributed by atoms with Crippen molar-refractivity contribution in [2.75, 3.05) is 7.05 Å². The van der Waals surface area contributed by atoms with Gasteiger partial charge < -0.3 is 5.32 Å². The van der Waals surface area contributed by atoms with Gasteiger partial charge in [-0.3, -0.25) is 0 Å². The van der Waals surface area contributed by atoms with Crippen molar-refractivity contribution in [1.82, 2.24) is 5.32 Å². The maximum Gasteiger partial charge on any atom is 0.137 e. The zero-order valence-electron chi connectivity index (χ0n) is 12.7. The first-order valence-electron chi connectivity index (χ1n) is 7.22. The average molecular weight is 350 g/mol. The molecule has 0 fully saturated rings. The van der Waals surface area contributed by atoms with Crippen LogP contribution in [-0.4, -0.2) is 7.05 Å². The van der Waals surface area contributed by atoms with Gasteiger partial charge in [-0.25, -0.2) is 4.39 Å². The van der Waals surface area contributed by atoms with Crippen LogP contribution in [0.25, 0.3) is 0 Å². The highest BCUT2D eigenvalue weighted by Gasteiger charge is 2.14. The number of rotatable bonds is 5. The van der Waals surface area contributed by atoms with E-state index in [1.165, 1.54) is 17.2 Å². The maximum absolute atomic E-state index is 13.4. The molecule has 2 rings (SSSR count). The van der Waals surface area contributed by atoms with Crippen LogP contribution >= 0.6 is 15.9 Å². The molecule has 3 heteroatoms. The molecular formula is C18H21BrFN. The van der Waals surface area contributed by atoms with Crippen molar-refractivity contribution in [1.29, 1.82) is 0 Å². The molecule has 1 nitrogen and oxygen atoms in total. The van der Waals surface area contributed by atoms with E-state index in [1.807, 2.05) is 19.2 Å². The smallest absolute Gasteiger partial charge is 0.137 e. The molecule has 2 aromatic carbocycles. The summed E-state index contributed by atoms with van der Waals surface area (Å²) in [5.74, 6) is 0.399. The van der Waals surface area contributed by atoms with Crippen molar-refractivity contribution in [2.24, 2.45) is 5.92 Å². The third-order valence-electron chi connectivity index (χ3n) is 3.49. The van der Waals surface area contributed by atoms with Crippen molar-refractivity contribution >= 4 is 15.9 Å². The third-order valence-corrected chi connectivity index (χ3v) is 4.10. The van der Waals surface area contributed by atoms with E-state index in [-0.39, 0.29) is 11.9 Å².